The van der Waals surface area contributed by atoms with Crippen LogP contribution in [-0.2, 0) is 20.7 Å². The zero-order valence-electron chi connectivity index (χ0n) is 18.7. The molecule has 9 heteroatoms. The molecule has 0 fully saturated rings. The molecule has 0 aliphatic carbocycles. The Morgan fingerprint density at radius 2 is 1.91 bits per heavy atom. The minimum atomic E-state index is -1.09. The fourth-order valence-corrected chi connectivity index (χ4v) is 3.60. The van der Waals surface area contributed by atoms with Crippen LogP contribution in [0.1, 0.15) is 24.0 Å². The molecule has 1 aliphatic rings. The van der Waals surface area contributed by atoms with Gasteiger partial charge in [-0.05, 0) is 48.4 Å². The third-order valence-electron chi connectivity index (χ3n) is 5.12. The molecule has 0 spiro atoms. The number of aliphatic hydroxyl groups is 1. The standard InChI is InChI=1S/C24H30BrN3O5/c1-31-14-2-12-26-28-23(30)24(16-18-4-8-20(25)9-5-18)17-33-22(27-24)19-6-10-21(11-7-19)32-15-3-13-29/h4-11,26,29H,2-3,12-17H2,1H3,(H,28,30)/t24-/m0/s1. The number of aliphatic hydroxyl groups excluding tert-OH is 1. The second-order valence-corrected chi connectivity index (χ2v) is 8.63. The van der Waals surface area contributed by atoms with Crippen LogP contribution in [-0.4, -0.2) is 62.5 Å². The average molecular weight is 520 g/mol. The zero-order chi connectivity index (χ0) is 23.5. The van der Waals surface area contributed by atoms with Crippen molar-refractivity contribution in [2.24, 2.45) is 4.99 Å². The number of benzene rings is 2. The van der Waals surface area contributed by atoms with Crippen LogP contribution < -0.4 is 15.6 Å². The molecule has 3 N–H and O–H groups in total. The molecule has 0 bridgehead atoms. The highest BCUT2D eigenvalue weighted by Crippen LogP contribution is 2.28. The second-order valence-electron chi connectivity index (χ2n) is 7.72. The molecule has 0 saturated carbocycles. The van der Waals surface area contributed by atoms with E-state index in [-0.39, 0.29) is 19.1 Å². The van der Waals surface area contributed by atoms with Crippen molar-refractivity contribution in [2.45, 2.75) is 24.8 Å². The number of nitrogens with one attached hydrogen (secondary N) is 2. The van der Waals surface area contributed by atoms with E-state index in [0.29, 0.717) is 44.2 Å². The van der Waals surface area contributed by atoms with E-state index in [1.54, 1.807) is 7.11 Å². The topological polar surface area (TPSA) is 101 Å². The lowest BCUT2D eigenvalue weighted by Crippen LogP contribution is -2.53. The van der Waals surface area contributed by atoms with E-state index < -0.39 is 5.54 Å². The fourth-order valence-electron chi connectivity index (χ4n) is 3.33. The highest BCUT2D eigenvalue weighted by atomic mass is 79.9. The summed E-state index contributed by atoms with van der Waals surface area (Å²) in [6.07, 6.45) is 1.75. The van der Waals surface area contributed by atoms with E-state index in [9.17, 15) is 4.79 Å². The van der Waals surface area contributed by atoms with Gasteiger partial charge in [-0.2, -0.15) is 0 Å². The van der Waals surface area contributed by atoms with Crippen molar-refractivity contribution in [3.8, 4) is 5.75 Å². The largest absolute Gasteiger partial charge is 0.494 e. The van der Waals surface area contributed by atoms with Crippen molar-refractivity contribution in [3.63, 3.8) is 0 Å². The van der Waals surface area contributed by atoms with Crippen LogP contribution >= 0.6 is 15.9 Å². The monoisotopic (exact) mass is 519 g/mol. The molecule has 0 aromatic heterocycles. The molecule has 0 saturated heterocycles. The SMILES string of the molecule is COCCCNNC(=O)[C@]1(Cc2ccc(Br)cc2)COC(c2ccc(OCCCO)cc2)=N1. The quantitative estimate of drug-likeness (QED) is 0.277. The number of hydrazine groups is 1. The third-order valence-corrected chi connectivity index (χ3v) is 5.65. The predicted octanol–water partition coefficient (Wildman–Crippen LogP) is 2.63. The summed E-state index contributed by atoms with van der Waals surface area (Å²) in [7, 11) is 1.64. The molecule has 1 aliphatic heterocycles. The van der Waals surface area contributed by atoms with Gasteiger partial charge in [0, 0.05) is 49.7 Å². The zero-order valence-corrected chi connectivity index (χ0v) is 20.3. The van der Waals surface area contributed by atoms with Crippen LogP contribution in [0.3, 0.4) is 0 Å². The van der Waals surface area contributed by atoms with Crippen LogP contribution in [0.15, 0.2) is 58.0 Å². The van der Waals surface area contributed by atoms with Crippen LogP contribution in [0.4, 0.5) is 0 Å². The first-order valence-electron chi connectivity index (χ1n) is 10.9. The second kappa shape index (κ2) is 12.7. The van der Waals surface area contributed by atoms with E-state index in [0.717, 1.165) is 22.0 Å². The van der Waals surface area contributed by atoms with Crippen molar-refractivity contribution >= 4 is 27.7 Å². The lowest BCUT2D eigenvalue weighted by Gasteiger charge is -2.23. The Labute approximate surface area is 202 Å². The Kier molecular flexibility index (Phi) is 9.68. The minimum Gasteiger partial charge on any atom is -0.494 e. The fraction of sp³-hybridized carbons (Fsp3) is 0.417. The number of hydrogen-bond acceptors (Lipinski definition) is 7. The Bertz CT molecular complexity index is 921. The number of aliphatic imine (C=N–C) groups is 1. The van der Waals surface area contributed by atoms with Gasteiger partial charge in [0.2, 0.25) is 5.90 Å². The minimum absolute atomic E-state index is 0.0898. The highest BCUT2D eigenvalue weighted by molar-refractivity contribution is 9.10. The Morgan fingerprint density at radius 3 is 2.61 bits per heavy atom. The molecule has 1 atom stereocenters. The number of ether oxygens (including phenoxy) is 3. The maximum absolute atomic E-state index is 13.2. The summed E-state index contributed by atoms with van der Waals surface area (Å²) >= 11 is 3.45. The Morgan fingerprint density at radius 1 is 1.15 bits per heavy atom. The lowest BCUT2D eigenvalue weighted by atomic mass is 9.91. The van der Waals surface area contributed by atoms with Gasteiger partial charge < -0.3 is 19.3 Å². The lowest BCUT2D eigenvalue weighted by molar-refractivity contribution is -0.127. The van der Waals surface area contributed by atoms with Crippen molar-refractivity contribution in [3.05, 3.63) is 64.1 Å². The summed E-state index contributed by atoms with van der Waals surface area (Å²) in [5.41, 5.74) is 6.40. The average Bonchev–Trinajstić information content (AvgIpc) is 3.26. The predicted molar refractivity (Wildman–Crippen MR) is 129 cm³/mol. The molecule has 2 aromatic carbocycles. The van der Waals surface area contributed by atoms with E-state index in [1.807, 2.05) is 48.5 Å². The number of halogens is 1. The van der Waals surface area contributed by atoms with Gasteiger partial charge in [0.1, 0.15) is 12.4 Å². The van der Waals surface area contributed by atoms with Crippen molar-refractivity contribution in [2.75, 3.05) is 40.1 Å². The molecule has 2 aromatic rings. The van der Waals surface area contributed by atoms with E-state index in [4.69, 9.17) is 24.3 Å². The molecule has 178 valence electrons. The van der Waals surface area contributed by atoms with Gasteiger partial charge in [0.05, 0.1) is 6.61 Å². The van der Waals surface area contributed by atoms with Crippen molar-refractivity contribution in [1.82, 2.24) is 10.9 Å². The van der Waals surface area contributed by atoms with Crippen LogP contribution in [0.2, 0.25) is 0 Å². The van der Waals surface area contributed by atoms with Gasteiger partial charge >= 0.3 is 0 Å². The van der Waals surface area contributed by atoms with Gasteiger partial charge in [0.25, 0.3) is 5.91 Å². The number of nitrogens with zero attached hydrogens (tertiary/aromatic N) is 1. The molecule has 33 heavy (non-hydrogen) atoms. The molecule has 0 unspecified atom stereocenters. The van der Waals surface area contributed by atoms with E-state index in [1.165, 1.54) is 0 Å². The summed E-state index contributed by atoms with van der Waals surface area (Å²) < 4.78 is 17.5. The highest BCUT2D eigenvalue weighted by Gasteiger charge is 2.44. The van der Waals surface area contributed by atoms with Crippen molar-refractivity contribution in [1.29, 1.82) is 0 Å². The Balaban J connectivity index is 1.75. The van der Waals surface area contributed by atoms with Crippen molar-refractivity contribution < 1.29 is 24.1 Å². The van der Waals surface area contributed by atoms with Gasteiger partial charge in [-0.3, -0.25) is 10.2 Å². The first-order chi connectivity index (χ1) is 16.1. The van der Waals surface area contributed by atoms with E-state index >= 15 is 0 Å². The molecule has 0 radical (unpaired) electrons. The first-order valence-corrected chi connectivity index (χ1v) is 11.7. The Hall–Kier alpha value is -2.46. The normalized spacial score (nSPS) is 17.4. The number of carbonyl (C=O) groups excluding carboxylic acids is 1. The number of carbonyl (C=O) groups is 1. The molecule has 8 nitrogen and oxygen atoms in total. The summed E-state index contributed by atoms with van der Waals surface area (Å²) in [6, 6.07) is 15.2. The third kappa shape index (κ3) is 7.26. The number of hydrogen-bond donors (Lipinski definition) is 3. The number of rotatable bonds is 13. The number of methoxy groups -OCH3 is 1. The van der Waals surface area contributed by atoms with Gasteiger partial charge in [-0.25, -0.2) is 10.4 Å². The number of amides is 1. The smallest absolute Gasteiger partial charge is 0.266 e. The molecular formula is C24H30BrN3O5. The molecule has 1 heterocycles. The molecule has 1 amide bonds. The summed E-state index contributed by atoms with van der Waals surface area (Å²) in [4.78, 5) is 18.0. The van der Waals surface area contributed by atoms with Gasteiger partial charge in [-0.1, -0.05) is 28.1 Å². The van der Waals surface area contributed by atoms with Crippen LogP contribution in [0.25, 0.3) is 0 Å². The molecule has 3 rings (SSSR count). The summed E-state index contributed by atoms with van der Waals surface area (Å²) in [5, 5.41) is 8.88. The molecular weight excluding hydrogens is 490 g/mol. The maximum atomic E-state index is 13.2. The van der Waals surface area contributed by atoms with Crippen LogP contribution in [0, 0.1) is 0 Å². The summed E-state index contributed by atoms with van der Waals surface area (Å²) in [6.45, 7) is 1.87. The first kappa shape index (κ1) is 25.2. The summed E-state index contributed by atoms with van der Waals surface area (Å²) in [5.74, 6) is 0.871. The van der Waals surface area contributed by atoms with Crippen LogP contribution in [0.5, 0.6) is 5.75 Å². The van der Waals surface area contributed by atoms with Gasteiger partial charge in [-0.15, -0.1) is 0 Å². The van der Waals surface area contributed by atoms with E-state index in [2.05, 4.69) is 26.8 Å². The maximum Gasteiger partial charge on any atom is 0.266 e. The van der Waals surface area contributed by atoms with Gasteiger partial charge in [0.15, 0.2) is 5.54 Å².